The Bertz CT molecular complexity index is 659. The zero-order valence-electron chi connectivity index (χ0n) is 13.7. The summed E-state index contributed by atoms with van der Waals surface area (Å²) >= 11 is 1.88. The van der Waals surface area contributed by atoms with E-state index < -0.39 is 0 Å². The molecule has 0 bridgehead atoms. The van der Waals surface area contributed by atoms with Crippen molar-refractivity contribution in [1.29, 1.82) is 0 Å². The first-order chi connectivity index (χ1) is 10.7. The zero-order valence-corrected chi connectivity index (χ0v) is 15.3. The third kappa shape index (κ3) is 2.74. The summed E-state index contributed by atoms with van der Waals surface area (Å²) in [6.45, 7) is 3.51. The topological polar surface area (TPSA) is 12.5 Å². The quantitative estimate of drug-likeness (QED) is 0.789. The van der Waals surface area contributed by atoms with Crippen LogP contribution in [-0.2, 0) is 16.7 Å². The van der Waals surface area contributed by atoms with E-state index in [4.69, 9.17) is 4.74 Å². The highest BCUT2D eigenvalue weighted by atomic mass is 35.5. The van der Waals surface area contributed by atoms with Crippen LogP contribution in [0, 0.1) is 0 Å². The molecular formula is C19H24ClNOS. The van der Waals surface area contributed by atoms with Crippen molar-refractivity contribution in [3.05, 3.63) is 57.8 Å². The fourth-order valence-corrected chi connectivity index (χ4v) is 5.18. The van der Waals surface area contributed by atoms with Gasteiger partial charge in [-0.05, 0) is 48.8 Å². The number of aryl methyl sites for hydroxylation is 1. The second-order valence-corrected chi connectivity index (χ2v) is 7.70. The molecule has 1 aliphatic carbocycles. The van der Waals surface area contributed by atoms with Crippen molar-refractivity contribution in [2.75, 3.05) is 13.7 Å². The Balaban J connectivity index is 0.00000156. The first kappa shape index (κ1) is 17.0. The molecule has 0 amide bonds. The summed E-state index contributed by atoms with van der Waals surface area (Å²) in [5, 5.41) is 2.19. The molecule has 23 heavy (non-hydrogen) atoms. The van der Waals surface area contributed by atoms with Gasteiger partial charge in [0.15, 0.2) is 0 Å². The fraction of sp³-hybridized carbons (Fsp3) is 0.474. The molecule has 1 aromatic heterocycles. The second-order valence-electron chi connectivity index (χ2n) is 6.72. The van der Waals surface area contributed by atoms with E-state index in [1.54, 1.807) is 0 Å². The Morgan fingerprint density at radius 1 is 1.22 bits per heavy atom. The van der Waals surface area contributed by atoms with Crippen molar-refractivity contribution in [2.45, 2.75) is 43.9 Å². The van der Waals surface area contributed by atoms with E-state index in [2.05, 4.69) is 53.6 Å². The van der Waals surface area contributed by atoms with Gasteiger partial charge >= 0.3 is 0 Å². The van der Waals surface area contributed by atoms with Crippen LogP contribution in [0.15, 0.2) is 41.8 Å². The Morgan fingerprint density at radius 2 is 2.04 bits per heavy atom. The number of likely N-dealkylation sites (tertiary alicyclic amines) is 1. The largest absolute Gasteiger partial charge is 0.366 e. The van der Waals surface area contributed by atoms with Gasteiger partial charge in [0.2, 0.25) is 0 Å². The first-order valence-electron chi connectivity index (χ1n) is 8.14. The van der Waals surface area contributed by atoms with E-state index in [9.17, 15) is 0 Å². The van der Waals surface area contributed by atoms with E-state index in [0.717, 1.165) is 13.0 Å². The van der Waals surface area contributed by atoms with Gasteiger partial charge in [-0.25, -0.2) is 0 Å². The fourth-order valence-electron chi connectivity index (χ4n) is 4.35. The van der Waals surface area contributed by atoms with E-state index in [-0.39, 0.29) is 24.2 Å². The summed E-state index contributed by atoms with van der Waals surface area (Å²) in [7, 11) is 1.86. The van der Waals surface area contributed by atoms with Gasteiger partial charge in [0.25, 0.3) is 0 Å². The molecule has 2 aromatic rings. The minimum absolute atomic E-state index is 0. The monoisotopic (exact) mass is 349 g/mol. The molecule has 3 unspecified atom stereocenters. The van der Waals surface area contributed by atoms with Crippen LogP contribution in [0.4, 0.5) is 0 Å². The van der Waals surface area contributed by atoms with E-state index in [1.807, 2.05) is 18.4 Å². The molecule has 124 valence electrons. The van der Waals surface area contributed by atoms with E-state index in [0.29, 0.717) is 5.92 Å². The molecule has 2 nitrogen and oxygen atoms in total. The van der Waals surface area contributed by atoms with Gasteiger partial charge in [-0.1, -0.05) is 30.3 Å². The first-order valence-corrected chi connectivity index (χ1v) is 9.01. The summed E-state index contributed by atoms with van der Waals surface area (Å²) in [6.07, 6.45) is 3.71. The van der Waals surface area contributed by atoms with E-state index in [1.165, 1.54) is 28.8 Å². The molecule has 2 aliphatic rings. The molecule has 1 aliphatic heterocycles. The molecule has 1 fully saturated rings. The Kier molecular flexibility index (Phi) is 4.84. The lowest BCUT2D eigenvalue weighted by atomic mass is 9.92. The summed E-state index contributed by atoms with van der Waals surface area (Å²) in [4.78, 5) is 4.11. The number of benzene rings is 1. The summed E-state index contributed by atoms with van der Waals surface area (Å²) in [5.41, 5.74) is 3.13. The molecule has 0 saturated carbocycles. The lowest BCUT2D eigenvalue weighted by Crippen LogP contribution is -2.46. The van der Waals surface area contributed by atoms with Crippen molar-refractivity contribution < 1.29 is 4.74 Å². The van der Waals surface area contributed by atoms with Gasteiger partial charge in [-0.2, -0.15) is 0 Å². The van der Waals surface area contributed by atoms with Gasteiger partial charge in [0, 0.05) is 30.0 Å². The third-order valence-electron chi connectivity index (χ3n) is 5.58. The second kappa shape index (κ2) is 6.56. The van der Waals surface area contributed by atoms with Crippen LogP contribution in [0.1, 0.15) is 41.7 Å². The molecule has 1 saturated heterocycles. The normalized spacial score (nSPS) is 30.2. The van der Waals surface area contributed by atoms with Gasteiger partial charge in [0.05, 0.1) is 0 Å². The Hall–Kier alpha value is -0.870. The van der Waals surface area contributed by atoms with Gasteiger partial charge in [-0.3, -0.25) is 4.90 Å². The lowest BCUT2D eigenvalue weighted by Gasteiger charge is -2.40. The Labute approximate surface area is 148 Å². The molecule has 3 atom stereocenters. The van der Waals surface area contributed by atoms with Crippen molar-refractivity contribution in [2.24, 2.45) is 0 Å². The smallest absolute Gasteiger partial charge is 0.111 e. The van der Waals surface area contributed by atoms with Crippen LogP contribution in [0.5, 0.6) is 0 Å². The summed E-state index contributed by atoms with van der Waals surface area (Å²) in [6, 6.07) is 13.4. The molecular weight excluding hydrogens is 326 g/mol. The number of halogens is 1. The van der Waals surface area contributed by atoms with Gasteiger partial charge < -0.3 is 4.74 Å². The molecule has 0 N–H and O–H groups in total. The highest BCUT2D eigenvalue weighted by Gasteiger charge is 2.47. The molecule has 0 spiro atoms. The zero-order chi connectivity index (χ0) is 15.2. The van der Waals surface area contributed by atoms with Crippen molar-refractivity contribution >= 4 is 23.7 Å². The average Bonchev–Trinajstić information content (AvgIpc) is 3.26. The molecule has 1 aromatic carbocycles. The maximum absolute atomic E-state index is 5.88. The average molecular weight is 350 g/mol. The number of hydrogen-bond donors (Lipinski definition) is 0. The summed E-state index contributed by atoms with van der Waals surface area (Å²) in [5.74, 6) is 0.606. The highest BCUT2D eigenvalue weighted by Crippen LogP contribution is 2.47. The van der Waals surface area contributed by atoms with Gasteiger partial charge in [-0.15, -0.1) is 23.7 Å². The third-order valence-corrected chi connectivity index (χ3v) is 6.62. The molecule has 4 rings (SSSR count). The predicted octanol–water partition coefficient (Wildman–Crippen LogP) is 4.79. The van der Waals surface area contributed by atoms with Crippen molar-refractivity contribution in [3.63, 3.8) is 0 Å². The minimum Gasteiger partial charge on any atom is -0.366 e. The molecule has 0 radical (unpaired) electrons. The van der Waals surface area contributed by atoms with E-state index >= 15 is 0 Å². The van der Waals surface area contributed by atoms with Crippen LogP contribution in [0.3, 0.4) is 0 Å². The lowest BCUT2D eigenvalue weighted by molar-refractivity contribution is -0.0615. The number of hydrogen-bond acceptors (Lipinski definition) is 3. The van der Waals surface area contributed by atoms with Crippen molar-refractivity contribution in [3.8, 4) is 0 Å². The number of rotatable bonds is 3. The highest BCUT2D eigenvalue weighted by molar-refractivity contribution is 7.10. The minimum atomic E-state index is 0. The number of nitrogens with zero attached hydrogens (tertiary/aromatic N) is 1. The Morgan fingerprint density at radius 3 is 2.78 bits per heavy atom. The number of methoxy groups -OCH3 is 1. The molecule has 2 heterocycles. The SMILES string of the molecule is COC1CC(c2cccs2)CN1C1(C)CCc2ccccc21.Cl. The standard InChI is InChI=1S/C19H23NOS.ClH/c1-19(10-9-14-6-3-4-7-16(14)19)20-13-15(12-18(20)21-2)17-8-5-11-22-17;/h3-8,11,15,18H,9-10,12-13H2,1-2H3;1H. The van der Waals surface area contributed by atoms with Crippen LogP contribution >= 0.6 is 23.7 Å². The van der Waals surface area contributed by atoms with Crippen LogP contribution in [0.2, 0.25) is 0 Å². The van der Waals surface area contributed by atoms with Crippen LogP contribution < -0.4 is 0 Å². The van der Waals surface area contributed by atoms with Gasteiger partial charge in [0.1, 0.15) is 6.23 Å². The maximum Gasteiger partial charge on any atom is 0.111 e. The van der Waals surface area contributed by atoms with Crippen molar-refractivity contribution in [1.82, 2.24) is 4.90 Å². The number of thiophene rings is 1. The van der Waals surface area contributed by atoms with Crippen LogP contribution in [-0.4, -0.2) is 24.8 Å². The predicted molar refractivity (Wildman–Crippen MR) is 98.5 cm³/mol. The van der Waals surface area contributed by atoms with Crippen LogP contribution in [0.25, 0.3) is 0 Å². The molecule has 4 heteroatoms. The maximum atomic E-state index is 5.88. The summed E-state index contributed by atoms with van der Waals surface area (Å²) < 4.78 is 5.88. The number of ether oxygens (including phenoxy) is 1. The number of fused-ring (bicyclic) bond motifs is 1.